The SMILES string of the molecule is Cc1ccc(C(=O)Nc2cc(C(F)(F)F)ccn2)cc1-n1cc(-c2cncc(N3CCN(C(C)C)CC3)c2)nn1. The molecule has 3 aromatic heterocycles. The maximum atomic E-state index is 13.0. The van der Waals surface area contributed by atoms with Gasteiger partial charge >= 0.3 is 6.18 Å². The van der Waals surface area contributed by atoms with Gasteiger partial charge in [0.05, 0.1) is 29.3 Å². The standard InChI is InChI=1S/C28H29F3N8O/c1-18(2)37-8-10-38(11-9-37)23-12-21(15-32-16-23)24-17-39(36-35-24)25-13-20(5-4-19(25)3)27(40)34-26-14-22(6-7-33-26)28(29,30)31/h4-7,12-18H,8-11H2,1-3H3,(H,33,34,40). The van der Waals surface area contributed by atoms with E-state index in [2.05, 4.69) is 49.2 Å². The fourth-order valence-electron chi connectivity index (χ4n) is 4.61. The molecular formula is C28H29F3N8O. The number of carbonyl (C=O) groups excluding carboxylic acids is 1. The summed E-state index contributed by atoms with van der Waals surface area (Å²) < 4.78 is 40.7. The molecule has 1 aliphatic heterocycles. The minimum absolute atomic E-state index is 0.192. The third kappa shape index (κ3) is 5.96. The fraction of sp³-hybridized carbons (Fsp3) is 0.321. The van der Waals surface area contributed by atoms with Gasteiger partial charge in [-0.25, -0.2) is 9.67 Å². The van der Waals surface area contributed by atoms with Gasteiger partial charge < -0.3 is 10.2 Å². The number of pyridine rings is 2. The first-order chi connectivity index (χ1) is 19.1. The van der Waals surface area contributed by atoms with Gasteiger partial charge in [-0.15, -0.1) is 5.10 Å². The number of amides is 1. The van der Waals surface area contributed by atoms with Gasteiger partial charge in [0, 0.05) is 55.7 Å². The lowest BCUT2D eigenvalue weighted by Crippen LogP contribution is -2.48. The number of hydrogen-bond acceptors (Lipinski definition) is 7. The number of aromatic nitrogens is 5. The molecule has 1 aliphatic rings. The topological polar surface area (TPSA) is 92.1 Å². The van der Waals surface area contributed by atoms with Crippen molar-refractivity contribution >= 4 is 17.4 Å². The van der Waals surface area contributed by atoms with Crippen molar-refractivity contribution in [2.24, 2.45) is 0 Å². The second-order valence-corrected chi connectivity index (χ2v) is 9.98. The van der Waals surface area contributed by atoms with E-state index in [1.165, 1.54) is 0 Å². The summed E-state index contributed by atoms with van der Waals surface area (Å²) in [5.74, 6) is -0.786. The first kappa shape index (κ1) is 27.3. The first-order valence-corrected chi connectivity index (χ1v) is 12.9. The van der Waals surface area contributed by atoms with Crippen molar-refractivity contribution < 1.29 is 18.0 Å². The van der Waals surface area contributed by atoms with Gasteiger partial charge in [0.1, 0.15) is 11.5 Å². The molecule has 0 radical (unpaired) electrons. The molecule has 0 spiro atoms. The van der Waals surface area contributed by atoms with Crippen LogP contribution >= 0.6 is 0 Å². The lowest BCUT2D eigenvalue weighted by molar-refractivity contribution is -0.137. The second kappa shape index (κ2) is 11.0. The summed E-state index contributed by atoms with van der Waals surface area (Å²) in [5, 5.41) is 11.0. The molecule has 1 fully saturated rings. The summed E-state index contributed by atoms with van der Waals surface area (Å²) in [6.07, 6.45) is 1.81. The molecule has 5 rings (SSSR count). The van der Waals surface area contributed by atoms with Gasteiger partial charge in [-0.3, -0.25) is 14.7 Å². The number of nitrogens with one attached hydrogen (secondary N) is 1. The number of alkyl halides is 3. The molecule has 12 heteroatoms. The molecule has 208 valence electrons. The molecule has 0 aliphatic carbocycles. The maximum absolute atomic E-state index is 13.0. The summed E-state index contributed by atoms with van der Waals surface area (Å²) in [7, 11) is 0. The van der Waals surface area contributed by atoms with Crippen LogP contribution in [0.25, 0.3) is 16.9 Å². The van der Waals surface area contributed by atoms with Crippen LogP contribution in [-0.2, 0) is 6.18 Å². The number of benzene rings is 1. The molecule has 9 nitrogen and oxygen atoms in total. The van der Waals surface area contributed by atoms with Crippen molar-refractivity contribution in [2.45, 2.75) is 33.0 Å². The number of carbonyl (C=O) groups is 1. The van der Waals surface area contributed by atoms with Crippen molar-refractivity contribution in [3.05, 3.63) is 77.9 Å². The van der Waals surface area contributed by atoms with Gasteiger partial charge in [0.25, 0.3) is 5.91 Å². The van der Waals surface area contributed by atoms with Crippen LogP contribution in [0.5, 0.6) is 0 Å². The quantitative estimate of drug-likeness (QED) is 0.368. The predicted molar refractivity (Wildman–Crippen MR) is 145 cm³/mol. The van der Waals surface area contributed by atoms with E-state index in [0.29, 0.717) is 17.4 Å². The summed E-state index contributed by atoms with van der Waals surface area (Å²) in [6.45, 7) is 10.1. The normalized spacial score (nSPS) is 14.5. The number of halogens is 3. The Balaban J connectivity index is 1.34. The Morgan fingerprint density at radius 3 is 2.52 bits per heavy atom. The second-order valence-electron chi connectivity index (χ2n) is 9.98. The number of hydrogen-bond donors (Lipinski definition) is 1. The first-order valence-electron chi connectivity index (χ1n) is 12.9. The van der Waals surface area contributed by atoms with E-state index in [0.717, 1.165) is 61.3 Å². The van der Waals surface area contributed by atoms with Crippen LogP contribution in [-0.4, -0.2) is 68.0 Å². The zero-order chi connectivity index (χ0) is 28.4. The summed E-state index contributed by atoms with van der Waals surface area (Å²) >= 11 is 0. The Morgan fingerprint density at radius 1 is 1.02 bits per heavy atom. The molecule has 0 bridgehead atoms. The van der Waals surface area contributed by atoms with Gasteiger partial charge in [-0.1, -0.05) is 11.3 Å². The average Bonchev–Trinajstić information content (AvgIpc) is 3.43. The minimum atomic E-state index is -4.54. The highest BCUT2D eigenvalue weighted by Gasteiger charge is 2.31. The smallest absolute Gasteiger partial charge is 0.368 e. The van der Waals surface area contributed by atoms with Crippen LogP contribution in [0.3, 0.4) is 0 Å². The van der Waals surface area contributed by atoms with E-state index in [4.69, 9.17) is 0 Å². The Hall–Kier alpha value is -4.32. The van der Waals surface area contributed by atoms with E-state index in [9.17, 15) is 18.0 Å². The lowest BCUT2D eigenvalue weighted by atomic mass is 10.1. The number of anilines is 2. The van der Waals surface area contributed by atoms with Crippen molar-refractivity contribution in [2.75, 3.05) is 36.4 Å². The fourth-order valence-corrected chi connectivity index (χ4v) is 4.61. The molecule has 1 aromatic carbocycles. The zero-order valence-corrected chi connectivity index (χ0v) is 22.4. The number of piperazine rings is 1. The molecule has 40 heavy (non-hydrogen) atoms. The number of nitrogens with zero attached hydrogens (tertiary/aromatic N) is 7. The van der Waals surface area contributed by atoms with Crippen molar-refractivity contribution in [1.82, 2.24) is 29.9 Å². The highest BCUT2D eigenvalue weighted by Crippen LogP contribution is 2.30. The van der Waals surface area contributed by atoms with Gasteiger partial charge in [0.15, 0.2) is 0 Å². The molecule has 1 N–H and O–H groups in total. The highest BCUT2D eigenvalue weighted by molar-refractivity contribution is 6.04. The van der Waals surface area contributed by atoms with Crippen molar-refractivity contribution in [3.63, 3.8) is 0 Å². The third-order valence-electron chi connectivity index (χ3n) is 6.97. The number of aryl methyl sites for hydroxylation is 1. The van der Waals surface area contributed by atoms with Crippen LogP contribution in [0.2, 0.25) is 0 Å². The van der Waals surface area contributed by atoms with Gasteiger partial charge in [-0.05, 0) is 56.7 Å². The Morgan fingerprint density at radius 2 is 1.80 bits per heavy atom. The maximum Gasteiger partial charge on any atom is 0.416 e. The molecule has 1 amide bonds. The van der Waals surface area contributed by atoms with E-state index in [1.807, 2.05) is 19.2 Å². The third-order valence-corrected chi connectivity index (χ3v) is 6.97. The predicted octanol–water partition coefficient (Wildman–Crippen LogP) is 4.83. The van der Waals surface area contributed by atoms with Crippen LogP contribution in [0.4, 0.5) is 24.7 Å². The summed E-state index contributed by atoms with van der Waals surface area (Å²) in [5.41, 5.74) is 3.25. The van der Waals surface area contributed by atoms with Gasteiger partial charge in [-0.2, -0.15) is 13.2 Å². The highest BCUT2D eigenvalue weighted by atomic mass is 19.4. The lowest BCUT2D eigenvalue weighted by Gasteiger charge is -2.38. The van der Waals surface area contributed by atoms with Crippen LogP contribution in [0.1, 0.15) is 35.3 Å². The zero-order valence-electron chi connectivity index (χ0n) is 22.4. The Kier molecular flexibility index (Phi) is 7.53. The number of rotatable bonds is 6. The minimum Gasteiger partial charge on any atom is -0.368 e. The molecule has 1 saturated heterocycles. The molecule has 0 atom stereocenters. The Bertz CT molecular complexity index is 1510. The summed E-state index contributed by atoms with van der Waals surface area (Å²) in [6, 6.07) is 9.15. The van der Waals surface area contributed by atoms with Crippen LogP contribution in [0, 0.1) is 6.92 Å². The molecule has 4 heterocycles. The molecule has 0 unspecified atom stereocenters. The molecule has 0 saturated carbocycles. The molecular weight excluding hydrogens is 521 g/mol. The van der Waals surface area contributed by atoms with Gasteiger partial charge in [0.2, 0.25) is 0 Å². The molecule has 4 aromatic rings. The van der Waals surface area contributed by atoms with E-state index < -0.39 is 17.6 Å². The van der Waals surface area contributed by atoms with Crippen LogP contribution in [0.15, 0.2) is 61.2 Å². The monoisotopic (exact) mass is 550 g/mol. The van der Waals surface area contributed by atoms with Crippen molar-refractivity contribution in [1.29, 1.82) is 0 Å². The average molecular weight is 551 g/mol. The summed E-state index contributed by atoms with van der Waals surface area (Å²) in [4.78, 5) is 25.9. The van der Waals surface area contributed by atoms with Crippen LogP contribution < -0.4 is 10.2 Å². The van der Waals surface area contributed by atoms with E-state index in [-0.39, 0.29) is 11.4 Å². The van der Waals surface area contributed by atoms with Crippen molar-refractivity contribution in [3.8, 4) is 16.9 Å². The van der Waals surface area contributed by atoms with E-state index >= 15 is 0 Å². The van der Waals surface area contributed by atoms with E-state index in [1.54, 1.807) is 35.3 Å². The largest absolute Gasteiger partial charge is 0.416 e. The Labute approximate surface area is 229 Å².